The quantitative estimate of drug-likeness (QED) is 0.441. The van der Waals surface area contributed by atoms with Crippen molar-refractivity contribution in [3.8, 4) is 0 Å². The molecule has 2 heterocycles. The number of carbonyl (C=O) groups excluding carboxylic acids is 2. The molecule has 2 fully saturated rings. The van der Waals surface area contributed by atoms with Crippen LogP contribution in [-0.2, 0) is 14.3 Å². The van der Waals surface area contributed by atoms with Crippen LogP contribution >= 0.6 is 0 Å². The molecule has 5 N–H and O–H groups in total. The monoisotopic (exact) mass is 414 g/mol. The highest BCUT2D eigenvalue weighted by Crippen LogP contribution is 2.25. The van der Waals surface area contributed by atoms with E-state index in [1.54, 1.807) is 20.8 Å². The van der Waals surface area contributed by atoms with Gasteiger partial charge in [-0.25, -0.2) is 19.2 Å². The van der Waals surface area contributed by atoms with E-state index in [0.29, 0.717) is 13.1 Å². The number of urea groups is 1. The van der Waals surface area contributed by atoms with Crippen LogP contribution in [0.5, 0.6) is 0 Å². The Kier molecular flexibility index (Phi) is 6.61. The third-order valence-corrected chi connectivity index (χ3v) is 5.27. The van der Waals surface area contributed by atoms with Crippen LogP contribution in [0, 0.1) is 0 Å². The third kappa shape index (κ3) is 5.49. The van der Waals surface area contributed by atoms with Gasteiger partial charge in [-0.1, -0.05) is 0 Å². The van der Waals surface area contributed by atoms with E-state index < -0.39 is 40.7 Å². The number of amides is 3. The van der Waals surface area contributed by atoms with Crippen molar-refractivity contribution in [2.24, 2.45) is 0 Å². The summed E-state index contributed by atoms with van der Waals surface area (Å²) in [4.78, 5) is 49.6. The summed E-state index contributed by atoms with van der Waals surface area (Å²) in [5.74, 6) is -2.29. The summed E-state index contributed by atoms with van der Waals surface area (Å²) in [6.07, 6.45) is -0.340. The maximum absolute atomic E-state index is 12.6. The van der Waals surface area contributed by atoms with Gasteiger partial charge >= 0.3 is 24.1 Å². The van der Waals surface area contributed by atoms with Gasteiger partial charge in [-0.05, 0) is 59.5 Å². The summed E-state index contributed by atoms with van der Waals surface area (Å²) < 4.78 is 5.15. The smallest absolute Gasteiger partial charge is 0.408 e. The number of nitrogens with zero attached hydrogens (tertiary/aromatic N) is 1. The number of ether oxygens (including phenoxy) is 1. The zero-order valence-corrected chi connectivity index (χ0v) is 17.0. The highest BCUT2D eigenvalue weighted by Gasteiger charge is 2.46. The van der Waals surface area contributed by atoms with Gasteiger partial charge in [0, 0.05) is 13.1 Å². The van der Waals surface area contributed by atoms with Crippen molar-refractivity contribution in [2.75, 3.05) is 26.2 Å². The molecule has 0 atom stereocenters. The second-order valence-electron chi connectivity index (χ2n) is 8.57. The van der Waals surface area contributed by atoms with Crippen molar-refractivity contribution < 1.29 is 34.1 Å². The molecule has 0 unspecified atom stereocenters. The van der Waals surface area contributed by atoms with Gasteiger partial charge in [0.15, 0.2) is 0 Å². The first kappa shape index (κ1) is 22.7. The number of carbonyl (C=O) groups is 4. The molecule has 0 aromatic carbocycles. The molecule has 0 spiro atoms. The fourth-order valence-corrected chi connectivity index (χ4v) is 3.51. The molecular weight excluding hydrogens is 384 g/mol. The predicted molar refractivity (Wildman–Crippen MR) is 102 cm³/mol. The molecule has 2 aliphatic rings. The minimum atomic E-state index is -1.54. The SMILES string of the molecule is CC(C)(C)OC(=O)NC1(C(=O)O)CCN(C(=O)NC2(C(=O)O)CCNCC2)CC1. The first-order valence-electron chi connectivity index (χ1n) is 9.65. The average Bonchev–Trinajstić information content (AvgIpc) is 2.61. The van der Waals surface area contributed by atoms with Crippen LogP contribution in [0.25, 0.3) is 0 Å². The number of likely N-dealkylation sites (tertiary alicyclic amines) is 1. The number of aliphatic carboxylic acids is 2. The zero-order valence-electron chi connectivity index (χ0n) is 17.0. The molecular formula is C18H30N4O7. The van der Waals surface area contributed by atoms with Crippen molar-refractivity contribution in [3.63, 3.8) is 0 Å². The van der Waals surface area contributed by atoms with E-state index in [9.17, 15) is 29.4 Å². The molecule has 0 saturated carbocycles. The van der Waals surface area contributed by atoms with Gasteiger partial charge < -0.3 is 35.8 Å². The lowest BCUT2D eigenvalue weighted by Gasteiger charge is -2.41. The third-order valence-electron chi connectivity index (χ3n) is 5.27. The lowest BCUT2D eigenvalue weighted by atomic mass is 9.87. The Bertz CT molecular complexity index is 660. The number of carboxylic acid groups (broad SMARTS) is 2. The standard InChI is InChI=1S/C18H30N4O7/c1-16(2,3)29-15(28)21-18(13(25)26)6-10-22(11-7-18)14(27)20-17(12(23)24)4-8-19-9-5-17/h19H,4-11H2,1-3H3,(H,20,27)(H,21,28)(H,23,24)(H,25,26). The van der Waals surface area contributed by atoms with Crippen LogP contribution in [-0.4, -0.2) is 82.0 Å². The Morgan fingerprint density at radius 2 is 1.38 bits per heavy atom. The van der Waals surface area contributed by atoms with Gasteiger partial charge in [-0.15, -0.1) is 0 Å². The molecule has 11 heteroatoms. The van der Waals surface area contributed by atoms with Gasteiger partial charge in [-0.3, -0.25) is 0 Å². The van der Waals surface area contributed by atoms with E-state index in [4.69, 9.17) is 4.74 Å². The van der Waals surface area contributed by atoms with Crippen molar-refractivity contribution in [1.82, 2.24) is 20.9 Å². The summed E-state index contributed by atoms with van der Waals surface area (Å²) in [6.45, 7) is 6.09. The highest BCUT2D eigenvalue weighted by atomic mass is 16.6. The van der Waals surface area contributed by atoms with Crippen molar-refractivity contribution >= 4 is 24.1 Å². The summed E-state index contributed by atoms with van der Waals surface area (Å²) in [5, 5.41) is 27.4. The Morgan fingerprint density at radius 3 is 1.83 bits per heavy atom. The van der Waals surface area contributed by atoms with E-state index in [2.05, 4.69) is 16.0 Å². The minimum Gasteiger partial charge on any atom is -0.480 e. The first-order valence-corrected chi connectivity index (χ1v) is 9.65. The first-order chi connectivity index (χ1) is 13.4. The second kappa shape index (κ2) is 8.44. The molecule has 2 aliphatic heterocycles. The topological polar surface area (TPSA) is 157 Å². The van der Waals surface area contributed by atoms with E-state index in [1.807, 2.05) is 0 Å². The number of alkyl carbamates (subject to hydrolysis) is 1. The Hall–Kier alpha value is -2.56. The Labute approximate surface area is 169 Å². The molecule has 2 rings (SSSR count). The molecule has 3 amide bonds. The lowest BCUT2D eigenvalue weighted by Crippen LogP contribution is -2.65. The lowest BCUT2D eigenvalue weighted by molar-refractivity contribution is -0.146. The van der Waals surface area contributed by atoms with E-state index >= 15 is 0 Å². The molecule has 164 valence electrons. The number of hydrogen-bond donors (Lipinski definition) is 5. The van der Waals surface area contributed by atoms with Crippen LogP contribution < -0.4 is 16.0 Å². The Balaban J connectivity index is 2.01. The van der Waals surface area contributed by atoms with Gasteiger partial charge in [0.2, 0.25) is 0 Å². The number of hydrogen-bond acceptors (Lipinski definition) is 6. The minimum absolute atomic E-state index is 0.0172. The van der Waals surface area contributed by atoms with Gasteiger partial charge in [-0.2, -0.15) is 0 Å². The maximum Gasteiger partial charge on any atom is 0.408 e. The van der Waals surface area contributed by atoms with Gasteiger partial charge in [0.05, 0.1) is 0 Å². The fraction of sp³-hybridized carbons (Fsp3) is 0.778. The molecule has 0 radical (unpaired) electrons. The van der Waals surface area contributed by atoms with Crippen LogP contribution in [0.3, 0.4) is 0 Å². The summed E-state index contributed by atoms with van der Waals surface area (Å²) >= 11 is 0. The van der Waals surface area contributed by atoms with E-state index in [-0.39, 0.29) is 38.8 Å². The summed E-state index contributed by atoms with van der Waals surface area (Å²) in [5.41, 5.74) is -3.65. The maximum atomic E-state index is 12.6. The van der Waals surface area contributed by atoms with Gasteiger partial charge in [0.1, 0.15) is 16.7 Å². The summed E-state index contributed by atoms with van der Waals surface area (Å²) in [7, 11) is 0. The molecule has 0 aromatic heterocycles. The fourth-order valence-electron chi connectivity index (χ4n) is 3.51. The van der Waals surface area contributed by atoms with Crippen molar-refractivity contribution in [1.29, 1.82) is 0 Å². The number of piperidine rings is 2. The second-order valence-corrected chi connectivity index (χ2v) is 8.57. The molecule has 29 heavy (non-hydrogen) atoms. The normalized spacial score (nSPS) is 21.0. The van der Waals surface area contributed by atoms with Crippen molar-refractivity contribution in [3.05, 3.63) is 0 Å². The van der Waals surface area contributed by atoms with Gasteiger partial charge in [0.25, 0.3) is 0 Å². The zero-order chi connectivity index (χ0) is 21.9. The van der Waals surface area contributed by atoms with Crippen LogP contribution in [0.1, 0.15) is 46.5 Å². The van der Waals surface area contributed by atoms with Crippen LogP contribution in [0.2, 0.25) is 0 Å². The molecule has 2 saturated heterocycles. The molecule has 0 aliphatic carbocycles. The van der Waals surface area contributed by atoms with Crippen molar-refractivity contribution in [2.45, 2.75) is 63.1 Å². The van der Waals surface area contributed by atoms with Crippen LogP contribution in [0.4, 0.5) is 9.59 Å². The Morgan fingerprint density at radius 1 is 0.897 bits per heavy atom. The molecule has 11 nitrogen and oxygen atoms in total. The number of rotatable bonds is 4. The molecule has 0 bridgehead atoms. The predicted octanol–water partition coefficient (Wildman–Crippen LogP) is 0.347. The van der Waals surface area contributed by atoms with Crippen LogP contribution in [0.15, 0.2) is 0 Å². The number of nitrogens with one attached hydrogen (secondary N) is 3. The average molecular weight is 414 g/mol. The largest absolute Gasteiger partial charge is 0.480 e. The number of carboxylic acids is 2. The summed E-state index contributed by atoms with van der Waals surface area (Å²) in [6, 6.07) is -0.550. The van der Waals surface area contributed by atoms with E-state index in [0.717, 1.165) is 0 Å². The van der Waals surface area contributed by atoms with E-state index in [1.165, 1.54) is 4.90 Å². The highest BCUT2D eigenvalue weighted by molar-refractivity contribution is 5.87. The molecule has 0 aromatic rings.